The molecule has 1 aliphatic rings. The van der Waals surface area contributed by atoms with E-state index in [1.54, 1.807) is 30.3 Å². The average molecular weight is 356 g/mol. The number of carbonyl (C=O) groups is 1. The molecule has 128 valence electrons. The average Bonchev–Trinajstić information content (AvgIpc) is 2.97. The zero-order chi connectivity index (χ0) is 17.6. The van der Waals surface area contributed by atoms with E-state index in [4.69, 9.17) is 21.1 Å². The molecule has 2 aromatic rings. The molecule has 1 aliphatic heterocycles. The Bertz CT molecular complexity index is 825. The van der Waals surface area contributed by atoms with Crippen LogP contribution in [-0.4, -0.2) is 18.5 Å². The molecule has 0 atom stereocenters. The number of benzene rings is 2. The summed E-state index contributed by atoms with van der Waals surface area (Å²) in [5.41, 5.74) is 1.78. The Morgan fingerprint density at radius 2 is 2.00 bits per heavy atom. The van der Waals surface area contributed by atoms with Gasteiger partial charge in [0, 0.05) is 10.6 Å². The van der Waals surface area contributed by atoms with E-state index in [-0.39, 0.29) is 11.6 Å². The maximum atomic E-state index is 12.0. The number of hydrogen-bond acceptors (Lipinski definition) is 4. The number of ether oxygens (including phenoxy) is 2. The van der Waals surface area contributed by atoms with Gasteiger partial charge in [0.1, 0.15) is 5.75 Å². The summed E-state index contributed by atoms with van der Waals surface area (Å²) in [6.45, 7) is 2.83. The SMILES string of the molecule is CCCCOc1ccc(/C=C2/N=C(c3cccc(Cl)c3)OC2=O)cc1. The highest BCUT2D eigenvalue weighted by molar-refractivity contribution is 6.31. The second-order valence-electron chi connectivity index (χ2n) is 5.62. The molecular formula is C20H18ClNO3. The van der Waals surface area contributed by atoms with Crippen LogP contribution in [-0.2, 0) is 9.53 Å². The smallest absolute Gasteiger partial charge is 0.363 e. The number of nitrogens with zero attached hydrogens (tertiary/aromatic N) is 1. The fourth-order valence-corrected chi connectivity index (χ4v) is 2.50. The molecular weight excluding hydrogens is 338 g/mol. The Morgan fingerprint density at radius 3 is 2.72 bits per heavy atom. The van der Waals surface area contributed by atoms with Crippen LogP contribution < -0.4 is 4.74 Å². The van der Waals surface area contributed by atoms with E-state index in [1.807, 2.05) is 24.3 Å². The minimum atomic E-state index is -0.474. The van der Waals surface area contributed by atoms with Crippen LogP contribution in [0.25, 0.3) is 6.08 Å². The minimum absolute atomic E-state index is 0.259. The standard InChI is InChI=1S/C20H18ClNO3/c1-2-3-11-24-17-9-7-14(8-10-17)12-18-20(23)25-19(22-18)15-5-4-6-16(21)13-15/h4-10,12-13H,2-3,11H2,1H3/b18-12+. The first-order chi connectivity index (χ1) is 12.2. The molecule has 0 saturated carbocycles. The first-order valence-electron chi connectivity index (χ1n) is 8.17. The summed E-state index contributed by atoms with van der Waals surface area (Å²) in [6, 6.07) is 14.6. The molecule has 0 bridgehead atoms. The van der Waals surface area contributed by atoms with Gasteiger partial charge < -0.3 is 9.47 Å². The lowest BCUT2D eigenvalue weighted by Crippen LogP contribution is -2.05. The number of cyclic esters (lactones) is 1. The van der Waals surface area contributed by atoms with Crippen LogP contribution in [0, 0.1) is 0 Å². The van der Waals surface area contributed by atoms with E-state index in [9.17, 15) is 4.79 Å². The largest absolute Gasteiger partial charge is 0.494 e. The summed E-state index contributed by atoms with van der Waals surface area (Å²) >= 11 is 5.96. The van der Waals surface area contributed by atoms with E-state index in [0.29, 0.717) is 17.2 Å². The van der Waals surface area contributed by atoms with Crippen LogP contribution in [0.3, 0.4) is 0 Å². The van der Waals surface area contributed by atoms with Crippen molar-refractivity contribution in [2.24, 2.45) is 4.99 Å². The molecule has 1 heterocycles. The Hall–Kier alpha value is -2.59. The van der Waals surface area contributed by atoms with Crippen LogP contribution in [0.4, 0.5) is 0 Å². The number of unbranched alkanes of at least 4 members (excludes halogenated alkanes) is 1. The fraction of sp³-hybridized carbons (Fsp3) is 0.200. The monoisotopic (exact) mass is 355 g/mol. The summed E-state index contributed by atoms with van der Waals surface area (Å²) in [5, 5.41) is 0.562. The van der Waals surface area contributed by atoms with Crippen LogP contribution >= 0.6 is 11.6 Å². The van der Waals surface area contributed by atoms with Gasteiger partial charge in [-0.2, -0.15) is 0 Å². The molecule has 0 aliphatic carbocycles. The highest BCUT2D eigenvalue weighted by Crippen LogP contribution is 2.22. The van der Waals surface area contributed by atoms with Gasteiger partial charge in [-0.1, -0.05) is 43.1 Å². The van der Waals surface area contributed by atoms with Gasteiger partial charge in [-0.3, -0.25) is 0 Å². The second-order valence-corrected chi connectivity index (χ2v) is 6.05. The van der Waals surface area contributed by atoms with Crippen molar-refractivity contribution in [1.29, 1.82) is 0 Å². The molecule has 0 aromatic heterocycles. The van der Waals surface area contributed by atoms with Gasteiger partial charge in [-0.05, 0) is 48.4 Å². The third-order valence-electron chi connectivity index (χ3n) is 3.64. The van der Waals surface area contributed by atoms with Gasteiger partial charge >= 0.3 is 5.97 Å². The van der Waals surface area contributed by atoms with Crippen LogP contribution in [0.1, 0.15) is 30.9 Å². The van der Waals surface area contributed by atoms with Crippen molar-refractivity contribution in [3.8, 4) is 5.75 Å². The lowest BCUT2D eigenvalue weighted by atomic mass is 10.2. The highest BCUT2D eigenvalue weighted by atomic mass is 35.5. The molecule has 5 heteroatoms. The molecule has 4 nitrogen and oxygen atoms in total. The van der Waals surface area contributed by atoms with Gasteiger partial charge in [0.25, 0.3) is 0 Å². The van der Waals surface area contributed by atoms with Crippen molar-refractivity contribution in [3.05, 3.63) is 70.4 Å². The third kappa shape index (κ3) is 4.48. The number of hydrogen-bond donors (Lipinski definition) is 0. The molecule has 3 rings (SSSR count). The Morgan fingerprint density at radius 1 is 1.20 bits per heavy atom. The summed E-state index contributed by atoms with van der Waals surface area (Å²) in [5.74, 6) is 0.601. The van der Waals surface area contributed by atoms with Crippen molar-refractivity contribution in [2.75, 3.05) is 6.61 Å². The topological polar surface area (TPSA) is 47.9 Å². The normalized spacial score (nSPS) is 15.2. The second kappa shape index (κ2) is 7.99. The lowest BCUT2D eigenvalue weighted by Gasteiger charge is -2.05. The Balaban J connectivity index is 1.75. The molecule has 0 radical (unpaired) electrons. The van der Waals surface area contributed by atoms with Gasteiger partial charge in [0.2, 0.25) is 5.90 Å². The summed E-state index contributed by atoms with van der Waals surface area (Å²) < 4.78 is 10.9. The summed E-state index contributed by atoms with van der Waals surface area (Å²) in [6.07, 6.45) is 3.81. The number of carbonyl (C=O) groups excluding carboxylic acids is 1. The zero-order valence-electron chi connectivity index (χ0n) is 13.9. The van der Waals surface area contributed by atoms with Gasteiger partial charge in [-0.25, -0.2) is 9.79 Å². The first kappa shape index (κ1) is 17.2. The van der Waals surface area contributed by atoms with Crippen molar-refractivity contribution in [3.63, 3.8) is 0 Å². The number of aliphatic imine (C=N–C) groups is 1. The predicted molar refractivity (Wildman–Crippen MR) is 98.9 cm³/mol. The Kier molecular flexibility index (Phi) is 5.51. The molecule has 0 N–H and O–H groups in total. The van der Waals surface area contributed by atoms with Gasteiger partial charge in [0.15, 0.2) is 5.70 Å². The van der Waals surface area contributed by atoms with Crippen molar-refractivity contribution >= 4 is 29.5 Å². The first-order valence-corrected chi connectivity index (χ1v) is 8.55. The van der Waals surface area contributed by atoms with Crippen LogP contribution in [0.2, 0.25) is 5.02 Å². The molecule has 0 saturated heterocycles. The van der Waals surface area contributed by atoms with E-state index >= 15 is 0 Å². The predicted octanol–water partition coefficient (Wildman–Crippen LogP) is 4.86. The molecule has 0 amide bonds. The van der Waals surface area contributed by atoms with Crippen molar-refractivity contribution in [1.82, 2.24) is 0 Å². The molecule has 0 unspecified atom stereocenters. The lowest BCUT2D eigenvalue weighted by molar-refractivity contribution is -0.129. The molecule has 0 fully saturated rings. The molecule has 2 aromatic carbocycles. The quantitative estimate of drug-likeness (QED) is 0.422. The molecule has 25 heavy (non-hydrogen) atoms. The van der Waals surface area contributed by atoms with Crippen LogP contribution in [0.15, 0.2) is 59.2 Å². The van der Waals surface area contributed by atoms with Gasteiger partial charge in [0.05, 0.1) is 6.61 Å². The third-order valence-corrected chi connectivity index (χ3v) is 3.88. The van der Waals surface area contributed by atoms with E-state index in [0.717, 1.165) is 24.2 Å². The van der Waals surface area contributed by atoms with Gasteiger partial charge in [-0.15, -0.1) is 0 Å². The van der Waals surface area contributed by atoms with E-state index in [1.165, 1.54) is 0 Å². The molecule has 0 spiro atoms. The maximum absolute atomic E-state index is 12.0. The highest BCUT2D eigenvalue weighted by Gasteiger charge is 2.24. The fourth-order valence-electron chi connectivity index (χ4n) is 2.31. The van der Waals surface area contributed by atoms with Crippen molar-refractivity contribution in [2.45, 2.75) is 19.8 Å². The zero-order valence-corrected chi connectivity index (χ0v) is 14.6. The van der Waals surface area contributed by atoms with Crippen molar-refractivity contribution < 1.29 is 14.3 Å². The number of esters is 1. The van der Waals surface area contributed by atoms with Crippen LogP contribution in [0.5, 0.6) is 5.75 Å². The summed E-state index contributed by atoms with van der Waals surface area (Å²) in [7, 11) is 0. The van der Waals surface area contributed by atoms with E-state index in [2.05, 4.69) is 11.9 Å². The summed E-state index contributed by atoms with van der Waals surface area (Å²) in [4.78, 5) is 16.3. The minimum Gasteiger partial charge on any atom is -0.494 e. The maximum Gasteiger partial charge on any atom is 0.363 e. The Labute approximate surface area is 151 Å². The number of rotatable bonds is 6. The van der Waals surface area contributed by atoms with E-state index < -0.39 is 5.97 Å². The number of halogens is 1.